The van der Waals surface area contributed by atoms with Crippen LogP contribution < -0.4 is 0 Å². The molecule has 0 aliphatic heterocycles. The fraction of sp³-hybridized carbons (Fsp3) is 0.0833. The number of hydrogen-bond acceptors (Lipinski definition) is 5. The number of nitrogens with zero attached hydrogens (tertiary/aromatic N) is 5. The summed E-state index contributed by atoms with van der Waals surface area (Å²) in [4.78, 5) is 7.96. The summed E-state index contributed by atoms with van der Waals surface area (Å²) < 4.78 is 27.0. The van der Waals surface area contributed by atoms with Crippen molar-refractivity contribution in [1.82, 2.24) is 23.7 Å². The maximum atomic E-state index is 12.2. The zero-order valence-electron chi connectivity index (χ0n) is 10.6. The Bertz CT molecular complexity index is 819. The summed E-state index contributed by atoms with van der Waals surface area (Å²) in [5.41, 5.74) is 1.00. The summed E-state index contributed by atoms with van der Waals surface area (Å²) in [5.74, 6) is 0.558. The highest BCUT2D eigenvalue weighted by Gasteiger charge is 2.16. The van der Waals surface area contributed by atoms with Gasteiger partial charge in [0.25, 0.3) is 10.0 Å². The molecule has 0 amide bonds. The van der Waals surface area contributed by atoms with Crippen molar-refractivity contribution in [3.8, 4) is 5.82 Å². The van der Waals surface area contributed by atoms with Gasteiger partial charge in [0.2, 0.25) is 0 Å². The fourth-order valence-electron chi connectivity index (χ4n) is 1.71. The summed E-state index contributed by atoms with van der Waals surface area (Å²) in [5, 5.41) is 4.12. The maximum absolute atomic E-state index is 12.2. The van der Waals surface area contributed by atoms with Gasteiger partial charge in [0.15, 0.2) is 5.82 Å². The molecular weight excluding hydrogens is 278 g/mol. The van der Waals surface area contributed by atoms with Crippen LogP contribution in [0.4, 0.5) is 0 Å². The molecule has 0 saturated carbocycles. The summed E-state index contributed by atoms with van der Waals surface area (Å²) in [7, 11) is -3.63. The van der Waals surface area contributed by atoms with Crippen molar-refractivity contribution in [2.24, 2.45) is 0 Å². The van der Waals surface area contributed by atoms with Crippen LogP contribution in [0.15, 0.2) is 54.3 Å². The molecule has 0 aromatic carbocycles. The van der Waals surface area contributed by atoms with Gasteiger partial charge < -0.3 is 0 Å². The van der Waals surface area contributed by atoms with Gasteiger partial charge in [0, 0.05) is 24.8 Å². The van der Waals surface area contributed by atoms with Crippen molar-refractivity contribution in [3.05, 3.63) is 55.0 Å². The number of hydrogen-bond donors (Lipinski definition) is 0. The lowest BCUT2D eigenvalue weighted by Gasteiger charge is -2.05. The molecule has 0 aliphatic carbocycles. The van der Waals surface area contributed by atoms with E-state index in [1.165, 1.54) is 31.0 Å². The van der Waals surface area contributed by atoms with Gasteiger partial charge in [-0.25, -0.2) is 27.0 Å². The molecule has 3 rings (SSSR count). The predicted octanol–water partition coefficient (Wildman–Crippen LogP) is 1.01. The maximum Gasteiger partial charge on any atom is 0.270 e. The van der Waals surface area contributed by atoms with Gasteiger partial charge in [-0.05, 0) is 24.6 Å². The third-order valence-corrected chi connectivity index (χ3v) is 4.33. The van der Waals surface area contributed by atoms with Gasteiger partial charge in [-0.2, -0.15) is 5.10 Å². The topological polar surface area (TPSA) is 82.7 Å². The highest BCUT2D eigenvalue weighted by atomic mass is 32.2. The number of rotatable bonds is 3. The molecule has 0 bridgehead atoms. The molecule has 20 heavy (non-hydrogen) atoms. The Balaban J connectivity index is 1.98. The second kappa shape index (κ2) is 4.57. The van der Waals surface area contributed by atoms with Crippen molar-refractivity contribution in [2.45, 2.75) is 11.8 Å². The predicted molar refractivity (Wildman–Crippen MR) is 70.9 cm³/mol. The van der Waals surface area contributed by atoms with E-state index in [9.17, 15) is 8.42 Å². The summed E-state index contributed by atoms with van der Waals surface area (Å²) >= 11 is 0. The molecule has 3 heterocycles. The van der Waals surface area contributed by atoms with Crippen LogP contribution in [0.25, 0.3) is 5.82 Å². The van der Waals surface area contributed by atoms with Crippen molar-refractivity contribution in [1.29, 1.82) is 0 Å². The second-order valence-corrected chi connectivity index (χ2v) is 6.06. The molecule has 8 heteroatoms. The molecule has 0 N–H and O–H groups in total. The van der Waals surface area contributed by atoms with Crippen molar-refractivity contribution in [2.75, 3.05) is 0 Å². The van der Waals surface area contributed by atoms with Crippen molar-refractivity contribution in [3.63, 3.8) is 0 Å². The number of aromatic nitrogens is 5. The molecule has 0 aliphatic rings. The molecule has 0 saturated heterocycles. The van der Waals surface area contributed by atoms with E-state index in [-0.39, 0.29) is 4.90 Å². The van der Waals surface area contributed by atoms with E-state index in [1.807, 2.05) is 13.1 Å². The normalized spacial score (nSPS) is 11.7. The van der Waals surface area contributed by atoms with E-state index in [4.69, 9.17) is 0 Å². The van der Waals surface area contributed by atoms with Crippen LogP contribution in [0.1, 0.15) is 5.56 Å². The molecule has 3 aromatic rings. The number of pyridine rings is 1. The SMILES string of the molecule is Cc1cnn(-c2ccc(S(=O)(=O)n3ccnc3)cn2)c1. The molecule has 0 atom stereocenters. The molecule has 7 nitrogen and oxygen atoms in total. The average Bonchev–Trinajstić information content (AvgIpc) is 3.10. The summed E-state index contributed by atoms with van der Waals surface area (Å²) in [6.07, 6.45) is 8.85. The fourth-order valence-corrected chi connectivity index (χ4v) is 2.77. The number of aryl methyl sites for hydroxylation is 1. The van der Waals surface area contributed by atoms with E-state index in [0.717, 1.165) is 9.54 Å². The zero-order chi connectivity index (χ0) is 14.2. The molecule has 3 aromatic heterocycles. The first kappa shape index (κ1) is 12.5. The van der Waals surface area contributed by atoms with Crippen molar-refractivity contribution < 1.29 is 8.42 Å². The van der Waals surface area contributed by atoms with Gasteiger partial charge in [0.05, 0.1) is 6.20 Å². The molecule has 102 valence electrons. The molecule has 0 unspecified atom stereocenters. The minimum Gasteiger partial charge on any atom is -0.244 e. The monoisotopic (exact) mass is 289 g/mol. The Hall–Kier alpha value is -2.48. The second-order valence-electron chi connectivity index (χ2n) is 4.21. The van der Waals surface area contributed by atoms with Crippen LogP contribution in [0.3, 0.4) is 0 Å². The van der Waals surface area contributed by atoms with Gasteiger partial charge in [-0.3, -0.25) is 0 Å². The largest absolute Gasteiger partial charge is 0.270 e. The zero-order valence-corrected chi connectivity index (χ0v) is 11.4. The summed E-state index contributed by atoms with van der Waals surface area (Å²) in [6, 6.07) is 3.10. The van der Waals surface area contributed by atoms with Gasteiger partial charge in [-0.1, -0.05) is 0 Å². The number of imidazole rings is 1. The van der Waals surface area contributed by atoms with E-state index in [1.54, 1.807) is 16.9 Å². The first-order valence-corrected chi connectivity index (χ1v) is 7.22. The molecule has 0 fully saturated rings. The molecular formula is C12H11N5O2S. The van der Waals surface area contributed by atoms with Gasteiger partial charge >= 0.3 is 0 Å². The quantitative estimate of drug-likeness (QED) is 0.718. The van der Waals surface area contributed by atoms with E-state index in [0.29, 0.717) is 5.82 Å². The smallest absolute Gasteiger partial charge is 0.244 e. The lowest BCUT2D eigenvalue weighted by atomic mass is 10.4. The molecule has 0 spiro atoms. The lowest BCUT2D eigenvalue weighted by molar-refractivity contribution is 0.586. The Labute approximate surface area is 115 Å². The van der Waals surface area contributed by atoms with Crippen molar-refractivity contribution >= 4 is 10.0 Å². The van der Waals surface area contributed by atoms with Crippen LogP contribution in [0.5, 0.6) is 0 Å². The van der Waals surface area contributed by atoms with E-state index >= 15 is 0 Å². The Morgan fingerprint density at radius 1 is 1.20 bits per heavy atom. The highest BCUT2D eigenvalue weighted by molar-refractivity contribution is 7.90. The lowest BCUT2D eigenvalue weighted by Crippen LogP contribution is -2.11. The minimum absolute atomic E-state index is 0.100. The first-order chi connectivity index (χ1) is 9.57. The van der Waals surface area contributed by atoms with Crippen LogP contribution >= 0.6 is 0 Å². The van der Waals surface area contributed by atoms with E-state index in [2.05, 4.69) is 15.1 Å². The van der Waals surface area contributed by atoms with E-state index < -0.39 is 10.0 Å². The van der Waals surface area contributed by atoms with Crippen LogP contribution in [0, 0.1) is 6.92 Å². The van der Waals surface area contributed by atoms with Crippen LogP contribution in [0.2, 0.25) is 0 Å². The third kappa shape index (κ3) is 2.10. The van der Waals surface area contributed by atoms with Crippen LogP contribution in [-0.2, 0) is 10.0 Å². The third-order valence-electron chi connectivity index (χ3n) is 2.72. The average molecular weight is 289 g/mol. The van der Waals surface area contributed by atoms with Gasteiger partial charge in [-0.15, -0.1) is 0 Å². The Kier molecular flexibility index (Phi) is 2.87. The standard InChI is InChI=1S/C12H11N5O2S/c1-10-6-15-17(8-10)12-3-2-11(7-14-12)20(18,19)16-5-4-13-9-16/h2-9H,1H3. The Morgan fingerprint density at radius 2 is 2.05 bits per heavy atom. The molecule has 0 radical (unpaired) electrons. The minimum atomic E-state index is -3.63. The highest BCUT2D eigenvalue weighted by Crippen LogP contribution is 2.14. The summed E-state index contributed by atoms with van der Waals surface area (Å²) in [6.45, 7) is 1.92. The first-order valence-electron chi connectivity index (χ1n) is 5.78. The Morgan fingerprint density at radius 3 is 2.60 bits per heavy atom. The van der Waals surface area contributed by atoms with Crippen LogP contribution in [-0.4, -0.2) is 32.1 Å². The van der Waals surface area contributed by atoms with Gasteiger partial charge in [0.1, 0.15) is 11.2 Å².